The van der Waals surface area contributed by atoms with Crippen LogP contribution >= 0.6 is 0 Å². The summed E-state index contributed by atoms with van der Waals surface area (Å²) in [4.78, 5) is 10.8. The van der Waals surface area contributed by atoms with Gasteiger partial charge in [-0.1, -0.05) is 24.3 Å². The fourth-order valence-corrected chi connectivity index (χ4v) is 2.92. The number of methoxy groups -OCH3 is 1. The summed E-state index contributed by atoms with van der Waals surface area (Å²) in [6.45, 7) is 0. The zero-order chi connectivity index (χ0) is 16.4. The predicted molar refractivity (Wildman–Crippen MR) is 85.9 cm³/mol. The van der Waals surface area contributed by atoms with Crippen LogP contribution in [-0.2, 0) is 11.2 Å². The molecule has 2 aromatic carbocycles. The van der Waals surface area contributed by atoms with E-state index in [1.54, 1.807) is 19.2 Å². The molecule has 23 heavy (non-hydrogen) atoms. The average molecular weight is 314 g/mol. The highest BCUT2D eigenvalue weighted by Crippen LogP contribution is 2.42. The Labute approximate surface area is 134 Å². The molecule has 2 unspecified atom stereocenters. The normalized spacial score (nSPS) is 19.4. The second-order valence-corrected chi connectivity index (χ2v) is 6.02. The molecule has 0 amide bonds. The van der Waals surface area contributed by atoms with E-state index in [1.165, 1.54) is 6.07 Å². The first-order valence-electron chi connectivity index (χ1n) is 7.74. The first-order valence-corrected chi connectivity index (χ1v) is 7.74. The van der Waals surface area contributed by atoms with E-state index in [1.807, 2.05) is 24.3 Å². The molecule has 1 saturated carbocycles. The molecule has 1 N–H and O–H groups in total. The summed E-state index contributed by atoms with van der Waals surface area (Å²) in [5.74, 6) is -0.179. The van der Waals surface area contributed by atoms with Gasteiger partial charge in [0.15, 0.2) is 0 Å². The van der Waals surface area contributed by atoms with E-state index in [-0.39, 0.29) is 11.7 Å². The van der Waals surface area contributed by atoms with Crippen molar-refractivity contribution in [2.45, 2.75) is 19.3 Å². The third-order valence-electron chi connectivity index (χ3n) is 4.48. The molecule has 0 aliphatic heterocycles. The van der Waals surface area contributed by atoms with Crippen molar-refractivity contribution < 1.29 is 19.0 Å². The number of aryl methyl sites for hydroxylation is 1. The maximum atomic E-state index is 14.0. The number of aliphatic carboxylic acids is 1. The molecule has 1 aliphatic rings. The van der Waals surface area contributed by atoms with Gasteiger partial charge >= 0.3 is 5.97 Å². The largest absolute Gasteiger partial charge is 0.497 e. The Bertz CT molecular complexity index is 709. The molecule has 0 radical (unpaired) electrons. The number of carbonyl (C=O) groups is 1. The van der Waals surface area contributed by atoms with Crippen molar-refractivity contribution in [2.75, 3.05) is 7.11 Å². The molecular weight excluding hydrogens is 295 g/mol. The van der Waals surface area contributed by atoms with Gasteiger partial charge in [-0.15, -0.1) is 0 Å². The molecule has 0 saturated heterocycles. The van der Waals surface area contributed by atoms with Gasteiger partial charge in [0.1, 0.15) is 11.6 Å². The number of rotatable bonds is 6. The van der Waals surface area contributed by atoms with Crippen molar-refractivity contribution in [1.29, 1.82) is 0 Å². The van der Waals surface area contributed by atoms with Crippen molar-refractivity contribution in [3.05, 3.63) is 53.8 Å². The van der Waals surface area contributed by atoms with E-state index in [0.717, 1.165) is 30.4 Å². The zero-order valence-corrected chi connectivity index (χ0v) is 13.0. The number of carboxylic acids is 1. The second-order valence-electron chi connectivity index (χ2n) is 6.02. The Morgan fingerprint density at radius 2 is 2.00 bits per heavy atom. The Morgan fingerprint density at radius 1 is 1.26 bits per heavy atom. The summed E-state index contributed by atoms with van der Waals surface area (Å²) >= 11 is 0. The van der Waals surface area contributed by atoms with Crippen LogP contribution in [-0.4, -0.2) is 18.2 Å². The van der Waals surface area contributed by atoms with Gasteiger partial charge in [0.2, 0.25) is 0 Å². The molecule has 3 nitrogen and oxygen atoms in total. The van der Waals surface area contributed by atoms with Crippen LogP contribution in [0.2, 0.25) is 0 Å². The lowest BCUT2D eigenvalue weighted by atomic mass is 10.0. The van der Waals surface area contributed by atoms with Gasteiger partial charge < -0.3 is 9.84 Å². The van der Waals surface area contributed by atoms with Gasteiger partial charge in [-0.2, -0.15) is 0 Å². The maximum Gasteiger partial charge on any atom is 0.306 e. The Balaban J connectivity index is 1.66. The van der Waals surface area contributed by atoms with Gasteiger partial charge in [-0.3, -0.25) is 4.79 Å². The minimum Gasteiger partial charge on any atom is -0.497 e. The van der Waals surface area contributed by atoms with E-state index in [4.69, 9.17) is 9.84 Å². The lowest BCUT2D eigenvalue weighted by Gasteiger charge is -2.08. The molecule has 2 aromatic rings. The average Bonchev–Trinajstić information content (AvgIpc) is 3.34. The molecule has 0 bridgehead atoms. The number of hydrogen-bond acceptors (Lipinski definition) is 2. The minimum absolute atomic E-state index is 0.153. The number of hydrogen-bond donors (Lipinski definition) is 1. The minimum atomic E-state index is -0.682. The van der Waals surface area contributed by atoms with E-state index >= 15 is 0 Å². The maximum absolute atomic E-state index is 14.0. The van der Waals surface area contributed by atoms with Crippen molar-refractivity contribution >= 4 is 5.97 Å². The number of ether oxygens (including phenoxy) is 1. The van der Waals surface area contributed by atoms with Crippen LogP contribution in [0.25, 0.3) is 11.1 Å². The number of carboxylic acid groups (broad SMARTS) is 1. The molecular formula is C19H19FO3. The van der Waals surface area contributed by atoms with E-state index in [0.29, 0.717) is 17.2 Å². The van der Waals surface area contributed by atoms with Gasteiger partial charge in [0, 0.05) is 5.56 Å². The molecule has 0 aromatic heterocycles. The second kappa shape index (κ2) is 6.41. The standard InChI is InChI=1S/C19H19FO3/c1-23-15-8-9-18(20)16(11-15)13-5-2-12(3-6-13)4-7-14-10-17(14)19(21)22/h2-3,5-6,8-9,11,14,17H,4,7,10H2,1H3,(H,21,22). The SMILES string of the molecule is COc1ccc(F)c(-c2ccc(CCC3CC3C(=O)O)cc2)c1. The molecule has 2 atom stereocenters. The lowest BCUT2D eigenvalue weighted by molar-refractivity contribution is -0.138. The summed E-state index contributed by atoms with van der Waals surface area (Å²) < 4.78 is 19.1. The third-order valence-corrected chi connectivity index (χ3v) is 4.48. The van der Waals surface area contributed by atoms with Crippen LogP contribution < -0.4 is 4.74 Å². The zero-order valence-electron chi connectivity index (χ0n) is 13.0. The summed E-state index contributed by atoms with van der Waals surface area (Å²) in [7, 11) is 1.56. The van der Waals surface area contributed by atoms with Crippen molar-refractivity contribution in [3.63, 3.8) is 0 Å². The fourth-order valence-electron chi connectivity index (χ4n) is 2.92. The van der Waals surface area contributed by atoms with Crippen molar-refractivity contribution in [1.82, 2.24) is 0 Å². The molecule has 3 rings (SSSR count). The van der Waals surface area contributed by atoms with Crippen molar-refractivity contribution in [2.24, 2.45) is 11.8 Å². The van der Waals surface area contributed by atoms with Crippen LogP contribution in [0.4, 0.5) is 4.39 Å². The van der Waals surface area contributed by atoms with E-state index < -0.39 is 5.97 Å². The highest BCUT2D eigenvalue weighted by molar-refractivity contribution is 5.73. The first kappa shape index (κ1) is 15.5. The predicted octanol–water partition coefficient (Wildman–Crippen LogP) is 4.15. The monoisotopic (exact) mass is 314 g/mol. The molecule has 0 heterocycles. The molecule has 0 spiro atoms. The Morgan fingerprint density at radius 3 is 2.61 bits per heavy atom. The van der Waals surface area contributed by atoms with Gasteiger partial charge in [-0.25, -0.2) is 4.39 Å². The van der Waals surface area contributed by atoms with Crippen molar-refractivity contribution in [3.8, 4) is 16.9 Å². The highest BCUT2D eigenvalue weighted by Gasteiger charge is 2.42. The van der Waals surface area contributed by atoms with Crippen LogP contribution in [0, 0.1) is 17.7 Å². The van der Waals surface area contributed by atoms with E-state index in [2.05, 4.69) is 0 Å². The topological polar surface area (TPSA) is 46.5 Å². The van der Waals surface area contributed by atoms with E-state index in [9.17, 15) is 9.18 Å². The smallest absolute Gasteiger partial charge is 0.306 e. The van der Waals surface area contributed by atoms with Crippen LogP contribution in [0.5, 0.6) is 5.75 Å². The third kappa shape index (κ3) is 3.52. The highest BCUT2D eigenvalue weighted by atomic mass is 19.1. The molecule has 120 valence electrons. The van der Waals surface area contributed by atoms with Crippen LogP contribution in [0.3, 0.4) is 0 Å². The first-order chi connectivity index (χ1) is 11.1. The fraction of sp³-hybridized carbons (Fsp3) is 0.316. The summed E-state index contributed by atoms with van der Waals surface area (Å²) in [6.07, 6.45) is 2.54. The number of benzene rings is 2. The van der Waals surface area contributed by atoms with Crippen LogP contribution in [0.15, 0.2) is 42.5 Å². The van der Waals surface area contributed by atoms with Gasteiger partial charge in [-0.05, 0) is 54.5 Å². The Kier molecular flexibility index (Phi) is 4.33. The lowest BCUT2D eigenvalue weighted by Crippen LogP contribution is -2.00. The molecule has 4 heteroatoms. The Hall–Kier alpha value is -2.36. The molecule has 1 aliphatic carbocycles. The summed E-state index contributed by atoms with van der Waals surface area (Å²) in [5.41, 5.74) is 2.47. The van der Waals surface area contributed by atoms with Gasteiger partial charge in [0.25, 0.3) is 0 Å². The van der Waals surface area contributed by atoms with Gasteiger partial charge in [0.05, 0.1) is 13.0 Å². The number of halogens is 1. The summed E-state index contributed by atoms with van der Waals surface area (Å²) in [6, 6.07) is 12.4. The van der Waals surface area contributed by atoms with Crippen LogP contribution in [0.1, 0.15) is 18.4 Å². The summed E-state index contributed by atoms with van der Waals surface area (Å²) in [5, 5.41) is 8.91. The quantitative estimate of drug-likeness (QED) is 0.871. The molecule has 1 fully saturated rings.